The molecule has 2 aromatic rings. The topological polar surface area (TPSA) is 101 Å². The molecule has 1 aliphatic rings. The number of aryl methyl sites for hydroxylation is 1. The number of fused-ring (bicyclic) bond motifs is 1. The summed E-state index contributed by atoms with van der Waals surface area (Å²) in [6, 6.07) is 7.49. The van der Waals surface area contributed by atoms with Crippen molar-refractivity contribution in [3.05, 3.63) is 40.4 Å². The van der Waals surface area contributed by atoms with Crippen LogP contribution in [0.2, 0.25) is 0 Å². The van der Waals surface area contributed by atoms with Gasteiger partial charge in [-0.2, -0.15) is 0 Å². The smallest absolute Gasteiger partial charge is 0.258 e. The molecule has 1 amide bonds. The van der Waals surface area contributed by atoms with Crippen LogP contribution in [0, 0.1) is 5.92 Å². The van der Waals surface area contributed by atoms with Gasteiger partial charge in [0.15, 0.2) is 0 Å². The van der Waals surface area contributed by atoms with E-state index < -0.39 is 0 Å². The summed E-state index contributed by atoms with van der Waals surface area (Å²) < 4.78 is 0. The maximum atomic E-state index is 12.1. The maximum Gasteiger partial charge on any atom is 0.258 e. The van der Waals surface area contributed by atoms with Crippen LogP contribution in [-0.4, -0.2) is 28.5 Å². The number of halogens is 1. The lowest BCUT2D eigenvalue weighted by atomic mass is 10.0. The molecular formula is C18H25ClN4O2. The van der Waals surface area contributed by atoms with E-state index in [1.807, 2.05) is 18.2 Å². The van der Waals surface area contributed by atoms with Gasteiger partial charge in [0.1, 0.15) is 5.82 Å². The number of hydrogen-bond acceptors (Lipinski definition) is 4. The molecule has 2 atom stereocenters. The number of H-pyrrole nitrogens is 1. The monoisotopic (exact) mass is 364 g/mol. The summed E-state index contributed by atoms with van der Waals surface area (Å²) in [5.74, 6) is 1.10. The predicted molar refractivity (Wildman–Crippen MR) is 101 cm³/mol. The lowest BCUT2D eigenvalue weighted by Gasteiger charge is -2.19. The lowest BCUT2D eigenvalue weighted by molar-refractivity contribution is -0.122. The second-order valence-corrected chi connectivity index (χ2v) is 6.48. The van der Waals surface area contributed by atoms with Crippen LogP contribution in [0.15, 0.2) is 29.1 Å². The van der Waals surface area contributed by atoms with Crippen molar-refractivity contribution in [1.29, 1.82) is 0 Å². The summed E-state index contributed by atoms with van der Waals surface area (Å²) in [5, 5.41) is 3.69. The predicted octanol–water partition coefficient (Wildman–Crippen LogP) is 1.91. The Hall–Kier alpha value is -1.92. The zero-order chi connectivity index (χ0) is 16.9. The SMILES string of the molecule is Cl.NCC1CCCC1NC(=O)CCCc1nc2ccccc2c(=O)[nH]1. The molecule has 0 bridgehead atoms. The maximum absolute atomic E-state index is 12.1. The molecule has 0 spiro atoms. The molecule has 3 rings (SSSR count). The summed E-state index contributed by atoms with van der Waals surface area (Å²) in [7, 11) is 0. The van der Waals surface area contributed by atoms with E-state index in [4.69, 9.17) is 5.73 Å². The van der Waals surface area contributed by atoms with Crippen LogP contribution < -0.4 is 16.6 Å². The highest BCUT2D eigenvalue weighted by Crippen LogP contribution is 2.24. The van der Waals surface area contributed by atoms with E-state index in [0.717, 1.165) is 19.3 Å². The summed E-state index contributed by atoms with van der Waals surface area (Å²) in [5.41, 5.74) is 6.31. The molecule has 2 unspecified atom stereocenters. The minimum atomic E-state index is -0.128. The first-order valence-corrected chi connectivity index (χ1v) is 8.64. The number of nitrogens with zero attached hydrogens (tertiary/aromatic N) is 1. The molecule has 0 aliphatic heterocycles. The Morgan fingerprint density at radius 2 is 2.12 bits per heavy atom. The van der Waals surface area contributed by atoms with E-state index in [-0.39, 0.29) is 29.9 Å². The van der Waals surface area contributed by atoms with Gasteiger partial charge in [0.05, 0.1) is 10.9 Å². The van der Waals surface area contributed by atoms with Crippen LogP contribution in [0.3, 0.4) is 0 Å². The standard InChI is InChI=1S/C18H24N4O2.ClH/c19-11-12-5-3-8-14(12)21-17(23)10-4-9-16-20-15-7-2-1-6-13(15)18(24)22-16;/h1-2,6-7,12,14H,3-5,8-11,19H2,(H,21,23)(H,20,22,24);1H. The number of carbonyl (C=O) groups excluding carboxylic acids is 1. The van der Waals surface area contributed by atoms with E-state index in [0.29, 0.717) is 48.5 Å². The highest BCUT2D eigenvalue weighted by molar-refractivity contribution is 5.85. The molecule has 1 saturated carbocycles. The lowest BCUT2D eigenvalue weighted by Crippen LogP contribution is -2.39. The van der Waals surface area contributed by atoms with Gasteiger partial charge in [-0.3, -0.25) is 9.59 Å². The number of benzene rings is 1. The number of hydrogen-bond donors (Lipinski definition) is 3. The molecule has 0 saturated heterocycles. The Bertz CT molecular complexity index is 777. The summed E-state index contributed by atoms with van der Waals surface area (Å²) >= 11 is 0. The second-order valence-electron chi connectivity index (χ2n) is 6.48. The highest BCUT2D eigenvalue weighted by Gasteiger charge is 2.26. The van der Waals surface area contributed by atoms with E-state index in [9.17, 15) is 9.59 Å². The van der Waals surface area contributed by atoms with Gasteiger partial charge in [-0.25, -0.2) is 4.98 Å². The number of nitrogens with two attached hydrogens (primary N) is 1. The van der Waals surface area contributed by atoms with Crippen molar-refractivity contribution < 1.29 is 4.79 Å². The van der Waals surface area contributed by atoms with E-state index in [2.05, 4.69) is 15.3 Å². The van der Waals surface area contributed by atoms with Crippen LogP contribution in [-0.2, 0) is 11.2 Å². The third-order valence-corrected chi connectivity index (χ3v) is 4.79. The molecule has 1 heterocycles. The van der Waals surface area contributed by atoms with Crippen molar-refractivity contribution >= 4 is 29.2 Å². The molecule has 0 radical (unpaired) electrons. The Morgan fingerprint density at radius 3 is 2.92 bits per heavy atom. The molecular weight excluding hydrogens is 340 g/mol. The van der Waals surface area contributed by atoms with Crippen molar-refractivity contribution in [2.24, 2.45) is 11.7 Å². The third kappa shape index (κ3) is 4.80. The van der Waals surface area contributed by atoms with Gasteiger partial charge in [0.25, 0.3) is 5.56 Å². The van der Waals surface area contributed by atoms with Crippen molar-refractivity contribution in [2.75, 3.05) is 6.54 Å². The number of carbonyl (C=O) groups is 1. The Morgan fingerprint density at radius 1 is 1.32 bits per heavy atom. The quantitative estimate of drug-likeness (QED) is 0.728. The third-order valence-electron chi connectivity index (χ3n) is 4.79. The molecule has 1 aromatic heterocycles. The largest absolute Gasteiger partial charge is 0.353 e. The number of rotatable bonds is 6. The molecule has 136 valence electrons. The fraction of sp³-hybridized carbons (Fsp3) is 0.500. The number of aromatic nitrogens is 2. The van der Waals surface area contributed by atoms with Crippen molar-refractivity contribution in [3.63, 3.8) is 0 Å². The van der Waals surface area contributed by atoms with E-state index >= 15 is 0 Å². The van der Waals surface area contributed by atoms with E-state index in [1.165, 1.54) is 0 Å². The fourth-order valence-corrected chi connectivity index (χ4v) is 3.46. The molecule has 7 heteroatoms. The first-order chi connectivity index (χ1) is 11.7. The van der Waals surface area contributed by atoms with Crippen molar-refractivity contribution in [3.8, 4) is 0 Å². The normalized spacial score (nSPS) is 19.6. The number of amides is 1. The number of nitrogens with one attached hydrogen (secondary N) is 2. The summed E-state index contributed by atoms with van der Waals surface area (Å²) in [6.45, 7) is 0.632. The van der Waals surface area contributed by atoms with Gasteiger partial charge in [-0.05, 0) is 43.9 Å². The van der Waals surface area contributed by atoms with Crippen LogP contribution in [0.1, 0.15) is 37.9 Å². The first-order valence-electron chi connectivity index (χ1n) is 8.64. The highest BCUT2D eigenvalue weighted by atomic mass is 35.5. The van der Waals surface area contributed by atoms with Crippen LogP contribution >= 0.6 is 12.4 Å². The van der Waals surface area contributed by atoms with Crippen LogP contribution in [0.4, 0.5) is 0 Å². The Labute approximate surface area is 153 Å². The van der Waals surface area contributed by atoms with E-state index in [1.54, 1.807) is 6.07 Å². The summed E-state index contributed by atoms with van der Waals surface area (Å²) in [4.78, 5) is 31.4. The second kappa shape index (κ2) is 8.97. The van der Waals surface area contributed by atoms with Gasteiger partial charge < -0.3 is 16.0 Å². The van der Waals surface area contributed by atoms with Crippen LogP contribution in [0.25, 0.3) is 10.9 Å². The van der Waals surface area contributed by atoms with Crippen LogP contribution in [0.5, 0.6) is 0 Å². The van der Waals surface area contributed by atoms with Crippen molar-refractivity contribution in [2.45, 2.75) is 44.6 Å². The molecule has 1 aromatic carbocycles. The van der Waals surface area contributed by atoms with Gasteiger partial charge in [-0.1, -0.05) is 18.6 Å². The van der Waals surface area contributed by atoms with Crippen molar-refractivity contribution in [1.82, 2.24) is 15.3 Å². The number of para-hydroxylation sites is 1. The van der Waals surface area contributed by atoms with Gasteiger partial charge in [0, 0.05) is 18.9 Å². The zero-order valence-electron chi connectivity index (χ0n) is 14.2. The minimum Gasteiger partial charge on any atom is -0.353 e. The number of aromatic amines is 1. The molecule has 4 N–H and O–H groups in total. The van der Waals surface area contributed by atoms with Gasteiger partial charge in [0.2, 0.25) is 5.91 Å². The molecule has 25 heavy (non-hydrogen) atoms. The Kier molecular flexibility index (Phi) is 6.96. The average Bonchev–Trinajstić information content (AvgIpc) is 3.02. The molecule has 6 nitrogen and oxygen atoms in total. The molecule has 1 fully saturated rings. The average molecular weight is 365 g/mol. The van der Waals surface area contributed by atoms with Gasteiger partial charge in [-0.15, -0.1) is 12.4 Å². The minimum absolute atomic E-state index is 0. The Balaban J connectivity index is 0.00000225. The zero-order valence-corrected chi connectivity index (χ0v) is 15.0. The fourth-order valence-electron chi connectivity index (χ4n) is 3.46. The first kappa shape index (κ1) is 19.4. The molecule has 1 aliphatic carbocycles. The van der Waals surface area contributed by atoms with Gasteiger partial charge >= 0.3 is 0 Å². The summed E-state index contributed by atoms with van der Waals surface area (Å²) in [6.07, 6.45) is 4.93.